The number of hydrogen-bond acceptors (Lipinski definition) is 2. The maximum Gasteiger partial charge on any atom is 0.264 e. The summed E-state index contributed by atoms with van der Waals surface area (Å²) in [4.78, 5) is 10.8. The third kappa shape index (κ3) is 2.04. The molecule has 2 rings (SSSR count). The van der Waals surface area contributed by atoms with Gasteiger partial charge in [-0.05, 0) is 12.1 Å². The minimum atomic E-state index is -0.142. The second-order valence-corrected chi connectivity index (χ2v) is 2.89. The lowest BCUT2D eigenvalue weighted by atomic mass is 10.3. The Bertz CT molecular complexity index is 444. The molecule has 1 aromatic carbocycles. The van der Waals surface area contributed by atoms with Crippen LogP contribution in [-0.4, -0.2) is 10.2 Å². The molecule has 4 heteroatoms. The molecule has 4 nitrogen and oxygen atoms in total. The van der Waals surface area contributed by atoms with Crippen molar-refractivity contribution in [1.82, 2.24) is 10.2 Å². The monoisotopic (exact) mass is 190 g/mol. The quantitative estimate of drug-likeness (QED) is 0.766. The summed E-state index contributed by atoms with van der Waals surface area (Å²) in [6.07, 6.45) is 0. The third-order valence-corrected chi connectivity index (χ3v) is 1.79. The van der Waals surface area contributed by atoms with Gasteiger partial charge in [-0.25, -0.2) is 0 Å². The fourth-order valence-corrected chi connectivity index (χ4v) is 1.13. The predicted molar refractivity (Wildman–Crippen MR) is 52.2 cm³/mol. The van der Waals surface area contributed by atoms with Crippen LogP contribution in [0.25, 0.3) is 0 Å². The van der Waals surface area contributed by atoms with E-state index in [1.54, 1.807) is 0 Å². The van der Waals surface area contributed by atoms with Crippen molar-refractivity contribution in [3.05, 3.63) is 52.4 Å². The van der Waals surface area contributed by atoms with Crippen LogP contribution in [0.1, 0.15) is 5.69 Å². The molecule has 0 aliphatic carbocycles. The summed E-state index contributed by atoms with van der Waals surface area (Å²) in [5, 5.41) is 5.16. The van der Waals surface area contributed by atoms with Crippen molar-refractivity contribution in [2.45, 2.75) is 6.61 Å². The van der Waals surface area contributed by atoms with E-state index in [9.17, 15) is 4.79 Å². The summed E-state index contributed by atoms with van der Waals surface area (Å²) < 4.78 is 5.42. The summed E-state index contributed by atoms with van der Waals surface area (Å²) in [6, 6.07) is 10.9. The number of ether oxygens (including phenoxy) is 1. The Balaban J connectivity index is 1.98. The molecular formula is C10H10N2O2. The van der Waals surface area contributed by atoms with Gasteiger partial charge in [-0.1, -0.05) is 18.2 Å². The van der Waals surface area contributed by atoms with Crippen LogP contribution in [0.15, 0.2) is 41.2 Å². The van der Waals surface area contributed by atoms with E-state index >= 15 is 0 Å². The van der Waals surface area contributed by atoms with E-state index in [1.807, 2.05) is 30.3 Å². The fraction of sp³-hybridized carbons (Fsp3) is 0.100. The van der Waals surface area contributed by atoms with Gasteiger partial charge < -0.3 is 4.74 Å². The molecule has 0 unspecified atom stereocenters. The fourth-order valence-electron chi connectivity index (χ4n) is 1.13. The molecule has 0 aliphatic heterocycles. The van der Waals surface area contributed by atoms with E-state index in [0.717, 1.165) is 11.4 Å². The number of benzene rings is 1. The van der Waals surface area contributed by atoms with Crippen LogP contribution in [0.5, 0.6) is 5.75 Å². The summed E-state index contributed by atoms with van der Waals surface area (Å²) in [5.74, 6) is 0.787. The molecule has 0 saturated carbocycles. The van der Waals surface area contributed by atoms with Gasteiger partial charge in [0.2, 0.25) is 0 Å². The molecule has 0 amide bonds. The van der Waals surface area contributed by atoms with Gasteiger partial charge in [0.25, 0.3) is 5.56 Å². The first-order valence-corrected chi connectivity index (χ1v) is 4.29. The van der Waals surface area contributed by atoms with Crippen molar-refractivity contribution in [2.24, 2.45) is 0 Å². The minimum Gasteiger partial charge on any atom is -0.487 e. The Morgan fingerprint density at radius 2 is 1.93 bits per heavy atom. The number of hydrogen-bond donors (Lipinski definition) is 2. The lowest BCUT2D eigenvalue weighted by Gasteiger charge is -2.02. The molecule has 0 spiro atoms. The Labute approximate surface area is 80.5 Å². The first-order valence-electron chi connectivity index (χ1n) is 4.29. The zero-order chi connectivity index (χ0) is 9.80. The SMILES string of the molecule is O=c1cc(COc2ccccc2)[nH][nH]1. The number of nitrogens with one attached hydrogen (secondary N) is 2. The molecule has 0 saturated heterocycles. The van der Waals surface area contributed by atoms with Crippen molar-refractivity contribution in [1.29, 1.82) is 0 Å². The molecular weight excluding hydrogens is 180 g/mol. The number of aromatic nitrogens is 2. The highest BCUT2D eigenvalue weighted by Crippen LogP contribution is 2.09. The molecule has 2 N–H and O–H groups in total. The molecule has 2 aromatic rings. The zero-order valence-electron chi connectivity index (χ0n) is 7.49. The topological polar surface area (TPSA) is 57.9 Å². The third-order valence-electron chi connectivity index (χ3n) is 1.79. The first kappa shape index (κ1) is 8.62. The van der Waals surface area contributed by atoms with Crippen LogP contribution < -0.4 is 10.3 Å². The van der Waals surface area contributed by atoms with E-state index in [0.29, 0.717) is 6.61 Å². The molecule has 72 valence electrons. The number of aromatic amines is 2. The number of rotatable bonds is 3. The van der Waals surface area contributed by atoms with Crippen molar-refractivity contribution in [2.75, 3.05) is 0 Å². The van der Waals surface area contributed by atoms with Crippen molar-refractivity contribution < 1.29 is 4.74 Å². The normalized spacial score (nSPS) is 10.0. The lowest BCUT2D eigenvalue weighted by molar-refractivity contribution is 0.301. The number of para-hydroxylation sites is 1. The number of H-pyrrole nitrogens is 2. The zero-order valence-corrected chi connectivity index (χ0v) is 7.49. The highest BCUT2D eigenvalue weighted by atomic mass is 16.5. The highest BCUT2D eigenvalue weighted by Gasteiger charge is 1.96. The van der Waals surface area contributed by atoms with Gasteiger partial charge in [-0.15, -0.1) is 0 Å². The van der Waals surface area contributed by atoms with E-state index in [2.05, 4.69) is 10.2 Å². The van der Waals surface area contributed by atoms with Gasteiger partial charge in [0.05, 0.1) is 5.69 Å². The Kier molecular flexibility index (Phi) is 2.36. The van der Waals surface area contributed by atoms with Crippen LogP contribution in [0.3, 0.4) is 0 Å². The molecule has 0 aliphatic rings. The average Bonchev–Trinajstić information content (AvgIpc) is 2.63. The van der Waals surface area contributed by atoms with Gasteiger partial charge >= 0.3 is 0 Å². The van der Waals surface area contributed by atoms with Gasteiger partial charge in [0, 0.05) is 6.07 Å². The van der Waals surface area contributed by atoms with Crippen LogP contribution in [-0.2, 0) is 6.61 Å². The van der Waals surface area contributed by atoms with Gasteiger partial charge in [0.15, 0.2) is 0 Å². The van der Waals surface area contributed by atoms with Gasteiger partial charge in [-0.2, -0.15) is 0 Å². The second-order valence-electron chi connectivity index (χ2n) is 2.89. The van der Waals surface area contributed by atoms with Crippen molar-refractivity contribution in [3.63, 3.8) is 0 Å². The summed E-state index contributed by atoms with van der Waals surface area (Å²) in [6.45, 7) is 0.364. The second kappa shape index (κ2) is 3.83. The summed E-state index contributed by atoms with van der Waals surface area (Å²) in [7, 11) is 0. The van der Waals surface area contributed by atoms with Crippen LogP contribution in [0.2, 0.25) is 0 Å². The molecule has 1 heterocycles. The summed E-state index contributed by atoms with van der Waals surface area (Å²) in [5.41, 5.74) is 0.593. The van der Waals surface area contributed by atoms with Gasteiger partial charge in [-0.3, -0.25) is 15.0 Å². The molecule has 14 heavy (non-hydrogen) atoms. The van der Waals surface area contributed by atoms with E-state index in [1.165, 1.54) is 6.07 Å². The van der Waals surface area contributed by atoms with Crippen LogP contribution in [0, 0.1) is 0 Å². The smallest absolute Gasteiger partial charge is 0.264 e. The predicted octanol–water partition coefficient (Wildman–Crippen LogP) is 1.28. The Morgan fingerprint density at radius 3 is 2.57 bits per heavy atom. The van der Waals surface area contributed by atoms with Crippen LogP contribution >= 0.6 is 0 Å². The van der Waals surface area contributed by atoms with E-state index in [-0.39, 0.29) is 5.56 Å². The molecule has 0 bridgehead atoms. The Morgan fingerprint density at radius 1 is 1.14 bits per heavy atom. The molecule has 0 radical (unpaired) electrons. The van der Waals surface area contributed by atoms with Gasteiger partial charge in [0.1, 0.15) is 12.4 Å². The molecule has 0 atom stereocenters. The minimum absolute atomic E-state index is 0.142. The Hall–Kier alpha value is -1.97. The van der Waals surface area contributed by atoms with Crippen LogP contribution in [0.4, 0.5) is 0 Å². The van der Waals surface area contributed by atoms with E-state index in [4.69, 9.17) is 4.74 Å². The lowest BCUT2D eigenvalue weighted by Crippen LogP contribution is -1.95. The highest BCUT2D eigenvalue weighted by molar-refractivity contribution is 5.21. The molecule has 1 aromatic heterocycles. The maximum absolute atomic E-state index is 10.8. The largest absolute Gasteiger partial charge is 0.487 e. The molecule has 0 fully saturated rings. The van der Waals surface area contributed by atoms with Crippen molar-refractivity contribution in [3.8, 4) is 5.75 Å². The maximum atomic E-state index is 10.8. The first-order chi connectivity index (χ1) is 6.84. The average molecular weight is 190 g/mol. The standard InChI is InChI=1S/C10H10N2O2/c13-10-6-8(11-12-10)7-14-9-4-2-1-3-5-9/h1-6H,7H2,(H2,11,12,13). The summed E-state index contributed by atoms with van der Waals surface area (Å²) >= 11 is 0. The van der Waals surface area contributed by atoms with Crippen molar-refractivity contribution >= 4 is 0 Å². The van der Waals surface area contributed by atoms with E-state index < -0.39 is 0 Å².